The SMILES string of the molecule is CCC1CC(NC2CCCN(c3ncccn3)C2)CCO1. The van der Waals surface area contributed by atoms with Crippen molar-refractivity contribution in [3.63, 3.8) is 0 Å². The van der Waals surface area contributed by atoms with Gasteiger partial charge in [0, 0.05) is 44.2 Å². The smallest absolute Gasteiger partial charge is 0.225 e. The predicted octanol–water partition coefficient (Wildman–Crippen LogP) is 1.99. The molecule has 0 saturated carbocycles. The van der Waals surface area contributed by atoms with Crippen LogP contribution in [0.15, 0.2) is 18.5 Å². The molecule has 5 nitrogen and oxygen atoms in total. The van der Waals surface area contributed by atoms with Crippen molar-refractivity contribution in [1.29, 1.82) is 0 Å². The highest BCUT2D eigenvalue weighted by molar-refractivity contribution is 5.29. The Morgan fingerprint density at radius 2 is 2.14 bits per heavy atom. The van der Waals surface area contributed by atoms with E-state index in [0.717, 1.165) is 44.9 Å². The molecule has 2 saturated heterocycles. The van der Waals surface area contributed by atoms with Gasteiger partial charge in [-0.3, -0.25) is 0 Å². The summed E-state index contributed by atoms with van der Waals surface area (Å²) in [6, 6.07) is 3.02. The molecule has 0 radical (unpaired) electrons. The summed E-state index contributed by atoms with van der Waals surface area (Å²) in [7, 11) is 0. The molecule has 2 fully saturated rings. The molecule has 3 rings (SSSR count). The van der Waals surface area contributed by atoms with Crippen LogP contribution < -0.4 is 10.2 Å². The van der Waals surface area contributed by atoms with Crippen molar-refractivity contribution in [2.24, 2.45) is 0 Å². The standard InChI is InChI=1S/C16H26N4O/c1-2-15-11-13(6-10-21-15)19-14-5-3-9-20(12-14)16-17-7-4-8-18-16/h4,7-8,13-15,19H,2-3,5-6,9-12H2,1H3. The highest BCUT2D eigenvalue weighted by atomic mass is 16.5. The molecule has 2 aliphatic heterocycles. The van der Waals surface area contributed by atoms with Gasteiger partial charge in [-0.05, 0) is 38.2 Å². The Labute approximate surface area is 127 Å². The van der Waals surface area contributed by atoms with Gasteiger partial charge in [-0.15, -0.1) is 0 Å². The van der Waals surface area contributed by atoms with Crippen LogP contribution >= 0.6 is 0 Å². The van der Waals surface area contributed by atoms with E-state index in [1.165, 1.54) is 12.8 Å². The van der Waals surface area contributed by atoms with Crippen molar-refractivity contribution < 1.29 is 4.74 Å². The zero-order valence-electron chi connectivity index (χ0n) is 12.9. The molecule has 2 aliphatic rings. The topological polar surface area (TPSA) is 50.3 Å². The fraction of sp³-hybridized carbons (Fsp3) is 0.750. The Morgan fingerprint density at radius 3 is 2.95 bits per heavy atom. The molecule has 1 aromatic rings. The van der Waals surface area contributed by atoms with Gasteiger partial charge in [0.25, 0.3) is 0 Å². The molecule has 0 aromatic carbocycles. The number of rotatable bonds is 4. The monoisotopic (exact) mass is 290 g/mol. The first-order chi connectivity index (χ1) is 10.3. The molecule has 0 spiro atoms. The van der Waals surface area contributed by atoms with E-state index in [1.54, 1.807) is 0 Å². The third-order valence-corrected chi connectivity index (χ3v) is 4.55. The molecule has 3 atom stereocenters. The fourth-order valence-electron chi connectivity index (χ4n) is 3.40. The quantitative estimate of drug-likeness (QED) is 0.919. The first-order valence-corrected chi connectivity index (χ1v) is 8.24. The molecule has 3 heterocycles. The van der Waals surface area contributed by atoms with Crippen LogP contribution in [0.3, 0.4) is 0 Å². The first-order valence-electron chi connectivity index (χ1n) is 8.24. The summed E-state index contributed by atoms with van der Waals surface area (Å²) in [5.41, 5.74) is 0. The summed E-state index contributed by atoms with van der Waals surface area (Å²) in [5, 5.41) is 3.84. The van der Waals surface area contributed by atoms with Gasteiger partial charge in [0.2, 0.25) is 5.95 Å². The third kappa shape index (κ3) is 3.92. The maximum atomic E-state index is 5.77. The minimum absolute atomic E-state index is 0.438. The van der Waals surface area contributed by atoms with E-state index in [0.29, 0.717) is 18.2 Å². The van der Waals surface area contributed by atoms with E-state index in [2.05, 4.69) is 27.1 Å². The summed E-state index contributed by atoms with van der Waals surface area (Å²) in [5.74, 6) is 0.863. The second-order valence-corrected chi connectivity index (χ2v) is 6.12. The van der Waals surface area contributed by atoms with Crippen molar-refractivity contribution in [3.05, 3.63) is 18.5 Å². The fourth-order valence-corrected chi connectivity index (χ4v) is 3.40. The normalized spacial score (nSPS) is 30.3. The predicted molar refractivity (Wildman–Crippen MR) is 83.5 cm³/mol. The summed E-state index contributed by atoms with van der Waals surface area (Å²) in [6.07, 6.45) is 9.94. The second kappa shape index (κ2) is 7.18. The Balaban J connectivity index is 1.54. The summed E-state index contributed by atoms with van der Waals surface area (Å²) < 4.78 is 5.77. The van der Waals surface area contributed by atoms with E-state index in [1.807, 2.05) is 18.5 Å². The lowest BCUT2D eigenvalue weighted by Crippen LogP contribution is -2.51. The third-order valence-electron chi connectivity index (χ3n) is 4.55. The number of ether oxygens (including phenoxy) is 1. The van der Waals surface area contributed by atoms with Gasteiger partial charge < -0.3 is 15.0 Å². The van der Waals surface area contributed by atoms with Crippen molar-refractivity contribution in [2.75, 3.05) is 24.6 Å². The zero-order valence-corrected chi connectivity index (χ0v) is 12.9. The highest BCUT2D eigenvalue weighted by Crippen LogP contribution is 2.20. The molecule has 0 amide bonds. The second-order valence-electron chi connectivity index (χ2n) is 6.12. The Kier molecular flexibility index (Phi) is 5.04. The van der Waals surface area contributed by atoms with Gasteiger partial charge in [-0.25, -0.2) is 9.97 Å². The van der Waals surface area contributed by atoms with E-state index in [-0.39, 0.29) is 0 Å². The van der Waals surface area contributed by atoms with Crippen LogP contribution in [0.2, 0.25) is 0 Å². The summed E-state index contributed by atoms with van der Waals surface area (Å²) in [4.78, 5) is 11.1. The number of nitrogens with zero attached hydrogens (tertiary/aromatic N) is 3. The Morgan fingerprint density at radius 1 is 1.29 bits per heavy atom. The average Bonchev–Trinajstić information content (AvgIpc) is 2.56. The van der Waals surface area contributed by atoms with E-state index < -0.39 is 0 Å². The van der Waals surface area contributed by atoms with E-state index in [4.69, 9.17) is 4.74 Å². The molecule has 116 valence electrons. The number of aromatic nitrogens is 2. The maximum Gasteiger partial charge on any atom is 0.225 e. The number of hydrogen-bond donors (Lipinski definition) is 1. The van der Waals surface area contributed by atoms with Crippen LogP contribution in [0.4, 0.5) is 5.95 Å². The molecular weight excluding hydrogens is 264 g/mol. The number of anilines is 1. The number of hydrogen-bond acceptors (Lipinski definition) is 5. The van der Waals surface area contributed by atoms with Crippen molar-refractivity contribution in [3.8, 4) is 0 Å². The van der Waals surface area contributed by atoms with Gasteiger partial charge in [-0.2, -0.15) is 0 Å². The summed E-state index contributed by atoms with van der Waals surface area (Å²) >= 11 is 0. The number of piperidine rings is 1. The minimum Gasteiger partial charge on any atom is -0.378 e. The van der Waals surface area contributed by atoms with Crippen molar-refractivity contribution in [2.45, 2.75) is 57.2 Å². The van der Waals surface area contributed by atoms with Crippen molar-refractivity contribution >= 4 is 5.95 Å². The van der Waals surface area contributed by atoms with Gasteiger partial charge in [0.05, 0.1) is 6.10 Å². The average molecular weight is 290 g/mol. The lowest BCUT2D eigenvalue weighted by molar-refractivity contribution is -0.00221. The van der Waals surface area contributed by atoms with Crippen LogP contribution in [-0.4, -0.2) is 47.9 Å². The van der Waals surface area contributed by atoms with Crippen LogP contribution in [0, 0.1) is 0 Å². The van der Waals surface area contributed by atoms with Crippen LogP contribution in [0.5, 0.6) is 0 Å². The van der Waals surface area contributed by atoms with Gasteiger partial charge >= 0.3 is 0 Å². The molecule has 3 unspecified atom stereocenters. The molecule has 0 bridgehead atoms. The molecule has 21 heavy (non-hydrogen) atoms. The minimum atomic E-state index is 0.438. The molecule has 1 N–H and O–H groups in total. The molecule has 1 aromatic heterocycles. The van der Waals surface area contributed by atoms with E-state index >= 15 is 0 Å². The van der Waals surface area contributed by atoms with Crippen LogP contribution in [-0.2, 0) is 4.74 Å². The number of nitrogens with one attached hydrogen (secondary N) is 1. The van der Waals surface area contributed by atoms with E-state index in [9.17, 15) is 0 Å². The zero-order chi connectivity index (χ0) is 14.5. The molecular formula is C16H26N4O. The van der Waals surface area contributed by atoms with Gasteiger partial charge in [0.1, 0.15) is 0 Å². The van der Waals surface area contributed by atoms with Crippen LogP contribution in [0.1, 0.15) is 39.0 Å². The summed E-state index contributed by atoms with van der Waals surface area (Å²) in [6.45, 7) is 5.18. The highest BCUT2D eigenvalue weighted by Gasteiger charge is 2.27. The lowest BCUT2D eigenvalue weighted by atomic mass is 9.98. The van der Waals surface area contributed by atoms with Gasteiger partial charge in [-0.1, -0.05) is 6.92 Å². The lowest BCUT2D eigenvalue weighted by Gasteiger charge is -2.37. The first kappa shape index (κ1) is 14.7. The van der Waals surface area contributed by atoms with Crippen LogP contribution in [0.25, 0.3) is 0 Å². The largest absolute Gasteiger partial charge is 0.378 e. The maximum absolute atomic E-state index is 5.77. The Hall–Kier alpha value is -1.20. The Bertz CT molecular complexity index is 428. The molecule has 5 heteroatoms. The van der Waals surface area contributed by atoms with Crippen molar-refractivity contribution in [1.82, 2.24) is 15.3 Å². The van der Waals surface area contributed by atoms with Gasteiger partial charge in [0.15, 0.2) is 0 Å². The molecule has 0 aliphatic carbocycles.